The molecule has 0 fully saturated rings. The van der Waals surface area contributed by atoms with Crippen molar-refractivity contribution in [2.24, 2.45) is 0 Å². The van der Waals surface area contributed by atoms with Gasteiger partial charge in [-0.05, 0) is 36.2 Å². The van der Waals surface area contributed by atoms with Gasteiger partial charge in [0.25, 0.3) is 0 Å². The minimum Gasteiger partial charge on any atom is -0.489 e. The van der Waals surface area contributed by atoms with Gasteiger partial charge in [-0.3, -0.25) is 4.90 Å². The van der Waals surface area contributed by atoms with Gasteiger partial charge in [-0.2, -0.15) is 0 Å². The second kappa shape index (κ2) is 10.3. The van der Waals surface area contributed by atoms with Crippen molar-refractivity contribution >= 4 is 11.6 Å². The molecule has 4 heteroatoms. The summed E-state index contributed by atoms with van der Waals surface area (Å²) in [5, 5.41) is 10.2. The first-order valence-electron chi connectivity index (χ1n) is 9.48. The summed E-state index contributed by atoms with van der Waals surface area (Å²) < 4.78 is 5.93. The lowest BCUT2D eigenvalue weighted by Gasteiger charge is -2.22. The van der Waals surface area contributed by atoms with Crippen molar-refractivity contribution in [1.82, 2.24) is 4.90 Å². The van der Waals surface area contributed by atoms with Gasteiger partial charge in [0, 0.05) is 30.2 Å². The van der Waals surface area contributed by atoms with Crippen LogP contribution in [0.3, 0.4) is 0 Å². The van der Waals surface area contributed by atoms with Gasteiger partial charge in [0.15, 0.2) is 0 Å². The summed E-state index contributed by atoms with van der Waals surface area (Å²) in [6.07, 6.45) is 0. The van der Waals surface area contributed by atoms with Crippen molar-refractivity contribution in [1.29, 1.82) is 0 Å². The van der Waals surface area contributed by atoms with Crippen molar-refractivity contribution < 1.29 is 9.84 Å². The van der Waals surface area contributed by atoms with E-state index in [9.17, 15) is 5.11 Å². The molecule has 3 rings (SSSR count). The van der Waals surface area contributed by atoms with E-state index in [0.717, 1.165) is 30.0 Å². The summed E-state index contributed by atoms with van der Waals surface area (Å²) in [6, 6.07) is 24.3. The second-order valence-corrected chi connectivity index (χ2v) is 7.35. The molecule has 0 aliphatic rings. The lowest BCUT2D eigenvalue weighted by molar-refractivity contribution is 0.184. The number of aliphatic hydroxyl groups is 1. The summed E-state index contributed by atoms with van der Waals surface area (Å²) in [5.74, 6) is 0.816. The van der Waals surface area contributed by atoms with Crippen LogP contribution in [-0.4, -0.2) is 23.2 Å². The maximum absolute atomic E-state index is 9.45. The highest BCUT2D eigenvalue weighted by atomic mass is 35.5. The predicted octanol–water partition coefficient (Wildman–Crippen LogP) is 5.22. The van der Waals surface area contributed by atoms with E-state index in [1.165, 1.54) is 11.1 Å². The first-order chi connectivity index (χ1) is 13.6. The number of hydrogen-bond donors (Lipinski definition) is 1. The Labute approximate surface area is 172 Å². The van der Waals surface area contributed by atoms with E-state index in [-0.39, 0.29) is 6.61 Å². The van der Waals surface area contributed by atoms with Crippen molar-refractivity contribution in [2.75, 3.05) is 13.2 Å². The normalized spacial score (nSPS) is 11.0. The molecule has 0 atom stereocenters. The molecule has 0 aromatic heterocycles. The Kier molecular flexibility index (Phi) is 7.49. The molecule has 0 saturated heterocycles. The maximum Gasteiger partial charge on any atom is 0.120 e. The molecule has 28 heavy (non-hydrogen) atoms. The van der Waals surface area contributed by atoms with Gasteiger partial charge in [-0.25, -0.2) is 0 Å². The van der Waals surface area contributed by atoms with Gasteiger partial charge < -0.3 is 9.84 Å². The Morgan fingerprint density at radius 1 is 0.893 bits per heavy atom. The number of ether oxygens (including phenoxy) is 1. The lowest BCUT2D eigenvalue weighted by atomic mass is 10.1. The highest BCUT2D eigenvalue weighted by molar-refractivity contribution is 6.31. The Bertz CT molecular complexity index is 880. The molecule has 0 unspecified atom stereocenters. The van der Waals surface area contributed by atoms with Gasteiger partial charge in [-0.15, -0.1) is 0 Å². The Morgan fingerprint density at radius 2 is 1.64 bits per heavy atom. The number of rotatable bonds is 9. The number of halogens is 1. The van der Waals surface area contributed by atoms with Crippen molar-refractivity contribution in [3.05, 3.63) is 100 Å². The van der Waals surface area contributed by atoms with Crippen LogP contribution in [-0.2, 0) is 19.7 Å². The largest absolute Gasteiger partial charge is 0.489 e. The number of nitrogens with zero attached hydrogens (tertiary/aromatic N) is 1. The average Bonchev–Trinajstić information content (AvgIpc) is 2.70. The minimum absolute atomic E-state index is 0.133. The lowest BCUT2D eigenvalue weighted by Crippen LogP contribution is -2.26. The zero-order valence-electron chi connectivity index (χ0n) is 16.1. The maximum atomic E-state index is 9.45. The van der Waals surface area contributed by atoms with Crippen molar-refractivity contribution in [3.8, 4) is 5.75 Å². The minimum atomic E-state index is 0.133. The van der Waals surface area contributed by atoms with E-state index < -0.39 is 0 Å². The third-order valence-corrected chi connectivity index (χ3v) is 4.97. The Balaban J connectivity index is 1.64. The molecule has 3 nitrogen and oxygen atoms in total. The van der Waals surface area contributed by atoms with E-state index >= 15 is 0 Å². The van der Waals surface area contributed by atoms with Crippen molar-refractivity contribution in [2.45, 2.75) is 26.6 Å². The molecule has 146 valence electrons. The highest BCUT2D eigenvalue weighted by Crippen LogP contribution is 2.20. The first-order valence-corrected chi connectivity index (χ1v) is 9.86. The summed E-state index contributed by atoms with van der Waals surface area (Å²) in [5.41, 5.74) is 4.61. The quantitative estimate of drug-likeness (QED) is 0.539. The molecule has 3 aromatic rings. The predicted molar refractivity (Wildman–Crippen MR) is 115 cm³/mol. The Hall–Kier alpha value is -2.33. The average molecular weight is 396 g/mol. The van der Waals surface area contributed by atoms with E-state index in [2.05, 4.69) is 48.2 Å². The third-order valence-electron chi connectivity index (χ3n) is 4.60. The molecule has 0 saturated carbocycles. The fourth-order valence-corrected chi connectivity index (χ4v) is 3.27. The molecule has 0 heterocycles. The molecule has 0 amide bonds. The third kappa shape index (κ3) is 6.10. The summed E-state index contributed by atoms with van der Waals surface area (Å²) in [7, 11) is 0. The fraction of sp³-hybridized carbons (Fsp3) is 0.250. The SMILES string of the molecule is Cc1ccc(CN(CCO)Cc2cccc(OCc3ccccc3Cl)c2)cc1. The number of aliphatic hydroxyl groups excluding tert-OH is 1. The second-order valence-electron chi connectivity index (χ2n) is 6.95. The van der Waals surface area contributed by atoms with Gasteiger partial charge in [0.1, 0.15) is 12.4 Å². The monoisotopic (exact) mass is 395 g/mol. The fourth-order valence-electron chi connectivity index (χ4n) is 3.08. The van der Waals surface area contributed by atoms with Crippen LogP contribution in [0.25, 0.3) is 0 Å². The van der Waals surface area contributed by atoms with Crippen molar-refractivity contribution in [3.63, 3.8) is 0 Å². The van der Waals surface area contributed by atoms with Gasteiger partial charge in [0.05, 0.1) is 6.61 Å². The van der Waals surface area contributed by atoms with Crippen LogP contribution in [0.5, 0.6) is 5.75 Å². The standard InChI is InChI=1S/C24H26ClNO2/c1-19-9-11-20(12-10-19)16-26(13-14-27)17-21-5-4-7-23(15-21)28-18-22-6-2-3-8-24(22)25/h2-12,15,27H,13-14,16-18H2,1H3. The van der Waals surface area contributed by atoms with E-state index in [1.54, 1.807) is 0 Å². The van der Waals surface area contributed by atoms with Crippen LogP contribution in [0.4, 0.5) is 0 Å². The summed E-state index contributed by atoms with van der Waals surface area (Å²) in [6.45, 7) is 4.83. The van der Waals surface area contributed by atoms with E-state index in [4.69, 9.17) is 16.3 Å². The van der Waals surface area contributed by atoms with Gasteiger partial charge in [0.2, 0.25) is 0 Å². The van der Waals surface area contributed by atoms with Gasteiger partial charge >= 0.3 is 0 Å². The van der Waals surface area contributed by atoms with Crippen LogP contribution in [0.1, 0.15) is 22.3 Å². The number of benzene rings is 3. The molecule has 0 aliphatic carbocycles. The summed E-state index contributed by atoms with van der Waals surface area (Å²) in [4.78, 5) is 2.23. The molecular formula is C24H26ClNO2. The molecule has 0 aliphatic heterocycles. The van der Waals surface area contributed by atoms with Crippen LogP contribution < -0.4 is 4.74 Å². The zero-order chi connectivity index (χ0) is 19.8. The van der Waals surface area contributed by atoms with Crippen LogP contribution >= 0.6 is 11.6 Å². The molecule has 0 spiro atoms. The smallest absolute Gasteiger partial charge is 0.120 e. The number of aryl methyl sites for hydroxylation is 1. The van der Waals surface area contributed by atoms with Gasteiger partial charge in [-0.1, -0.05) is 71.8 Å². The molecular weight excluding hydrogens is 370 g/mol. The first kappa shape index (κ1) is 20.4. The molecule has 1 N–H and O–H groups in total. The zero-order valence-corrected chi connectivity index (χ0v) is 16.9. The molecule has 3 aromatic carbocycles. The van der Waals surface area contributed by atoms with E-state index in [0.29, 0.717) is 18.2 Å². The number of hydrogen-bond acceptors (Lipinski definition) is 3. The van der Waals surface area contributed by atoms with E-state index in [1.807, 2.05) is 36.4 Å². The highest BCUT2D eigenvalue weighted by Gasteiger charge is 2.08. The molecule has 0 bridgehead atoms. The van der Waals surface area contributed by atoms with Crippen LogP contribution in [0.15, 0.2) is 72.8 Å². The Morgan fingerprint density at radius 3 is 2.39 bits per heavy atom. The molecule has 0 radical (unpaired) electrons. The van der Waals surface area contributed by atoms with Crippen LogP contribution in [0.2, 0.25) is 5.02 Å². The summed E-state index contributed by atoms with van der Waals surface area (Å²) >= 11 is 6.20. The van der Waals surface area contributed by atoms with Crippen LogP contribution in [0, 0.1) is 6.92 Å². The topological polar surface area (TPSA) is 32.7 Å².